The summed E-state index contributed by atoms with van der Waals surface area (Å²) in [5.41, 5.74) is 3.42. The molecule has 0 atom stereocenters. The van der Waals surface area contributed by atoms with Gasteiger partial charge in [-0.3, -0.25) is 20.0 Å². The Balaban J connectivity index is 1.33. The van der Waals surface area contributed by atoms with Gasteiger partial charge in [-0.1, -0.05) is 23.4 Å². The summed E-state index contributed by atoms with van der Waals surface area (Å²) in [6.45, 7) is 5.85. The Morgan fingerprint density at radius 2 is 2.06 bits per heavy atom. The zero-order chi connectivity index (χ0) is 21.2. The molecule has 1 aliphatic rings. The number of nitrogens with one attached hydrogen (secondary N) is 1. The van der Waals surface area contributed by atoms with Crippen molar-refractivity contribution in [2.75, 3.05) is 31.6 Å². The second-order valence-corrected chi connectivity index (χ2v) is 8.13. The third-order valence-electron chi connectivity index (χ3n) is 5.21. The molecule has 4 aromatic rings. The second kappa shape index (κ2) is 8.50. The molecule has 0 spiro atoms. The molecular weight excluding hydrogens is 414 g/mol. The van der Waals surface area contributed by atoms with E-state index in [1.54, 1.807) is 10.9 Å². The number of pyridine rings is 1. The smallest absolute Gasteiger partial charge is 0.279 e. The maximum absolute atomic E-state index is 12.8. The van der Waals surface area contributed by atoms with Crippen LogP contribution in [0.5, 0.6) is 0 Å². The van der Waals surface area contributed by atoms with Gasteiger partial charge in [-0.2, -0.15) is 0 Å². The predicted molar refractivity (Wildman–Crippen MR) is 118 cm³/mol. The Bertz CT molecular complexity index is 1220. The number of anilines is 1. The van der Waals surface area contributed by atoms with E-state index >= 15 is 0 Å². The number of carbonyl (C=O) groups is 1. The van der Waals surface area contributed by atoms with Crippen molar-refractivity contribution < 1.29 is 9.53 Å². The van der Waals surface area contributed by atoms with Crippen LogP contribution >= 0.6 is 11.3 Å². The van der Waals surface area contributed by atoms with Crippen LogP contribution in [0.15, 0.2) is 41.9 Å². The summed E-state index contributed by atoms with van der Waals surface area (Å²) in [6, 6.07) is 9.72. The number of carbonyl (C=O) groups excluding carboxylic acids is 1. The van der Waals surface area contributed by atoms with E-state index in [4.69, 9.17) is 4.74 Å². The number of aromatic nitrogens is 5. The van der Waals surface area contributed by atoms with Gasteiger partial charge in [-0.25, -0.2) is 9.67 Å². The minimum Gasteiger partial charge on any atom is -0.379 e. The predicted octanol–water partition coefficient (Wildman–Crippen LogP) is 2.66. The lowest BCUT2D eigenvalue weighted by molar-refractivity contribution is 0.0337. The Hall–Kier alpha value is -3.21. The highest BCUT2D eigenvalue weighted by atomic mass is 32.1. The fourth-order valence-corrected chi connectivity index (χ4v) is 4.30. The molecule has 10 heteroatoms. The number of nitrogens with zero attached hydrogens (tertiary/aromatic N) is 6. The van der Waals surface area contributed by atoms with Crippen LogP contribution in [0.25, 0.3) is 16.6 Å². The van der Waals surface area contributed by atoms with Crippen molar-refractivity contribution in [1.82, 2.24) is 29.9 Å². The van der Waals surface area contributed by atoms with Crippen molar-refractivity contribution in [2.24, 2.45) is 0 Å². The van der Waals surface area contributed by atoms with E-state index in [9.17, 15) is 4.79 Å². The van der Waals surface area contributed by atoms with Gasteiger partial charge in [-0.15, -0.1) is 16.4 Å². The molecule has 0 bridgehead atoms. The van der Waals surface area contributed by atoms with Crippen LogP contribution in [-0.2, 0) is 11.3 Å². The van der Waals surface area contributed by atoms with E-state index in [-0.39, 0.29) is 11.6 Å². The molecule has 9 nitrogen and oxygen atoms in total. The monoisotopic (exact) mass is 435 g/mol. The number of amides is 1. The lowest BCUT2D eigenvalue weighted by Gasteiger charge is -2.25. The summed E-state index contributed by atoms with van der Waals surface area (Å²) in [7, 11) is 0. The normalized spacial score (nSPS) is 14.7. The molecule has 3 aromatic heterocycles. The Morgan fingerprint density at radius 1 is 1.23 bits per heavy atom. The number of morpholine rings is 1. The van der Waals surface area contributed by atoms with Crippen LogP contribution in [0.1, 0.15) is 21.9 Å². The molecule has 31 heavy (non-hydrogen) atoms. The standard InChI is InChI=1S/C21H21N7O2S/c1-14-18(25-26-28(14)17-6-2-4-15-5-3-7-22-19(15)17)20(29)24-21-23-16(13-31-21)12-27-8-10-30-11-9-27/h2-7,13H,8-12H2,1H3,(H,23,24,29). The van der Waals surface area contributed by atoms with Gasteiger partial charge in [0, 0.05) is 36.6 Å². The first-order chi connectivity index (χ1) is 15.2. The average Bonchev–Trinajstić information content (AvgIpc) is 3.40. The molecule has 1 aliphatic heterocycles. The van der Waals surface area contributed by atoms with Gasteiger partial charge in [0.25, 0.3) is 5.91 Å². The Labute approximate surface area is 182 Å². The number of hydrogen-bond acceptors (Lipinski definition) is 8. The van der Waals surface area contributed by atoms with Gasteiger partial charge >= 0.3 is 0 Å². The number of para-hydroxylation sites is 1. The van der Waals surface area contributed by atoms with Gasteiger partial charge in [0.2, 0.25) is 0 Å². The number of hydrogen-bond donors (Lipinski definition) is 1. The quantitative estimate of drug-likeness (QED) is 0.515. The number of ether oxygens (including phenoxy) is 1. The topological polar surface area (TPSA) is 98.1 Å². The Morgan fingerprint density at radius 3 is 2.94 bits per heavy atom. The molecule has 0 radical (unpaired) electrons. The summed E-state index contributed by atoms with van der Waals surface area (Å²) >= 11 is 1.41. The molecule has 4 heterocycles. The number of fused-ring (bicyclic) bond motifs is 1. The van der Waals surface area contributed by atoms with Gasteiger partial charge in [0.1, 0.15) is 0 Å². The number of thiazole rings is 1. The Kier molecular flexibility index (Phi) is 5.41. The molecule has 5 rings (SSSR count). The van der Waals surface area contributed by atoms with Crippen molar-refractivity contribution >= 4 is 33.3 Å². The summed E-state index contributed by atoms with van der Waals surface area (Å²) in [5.74, 6) is -0.329. The van der Waals surface area contributed by atoms with E-state index in [0.717, 1.165) is 55.1 Å². The minimum absolute atomic E-state index is 0.262. The largest absolute Gasteiger partial charge is 0.379 e. The van der Waals surface area contributed by atoms with Crippen molar-refractivity contribution in [3.8, 4) is 5.69 Å². The number of benzene rings is 1. The third kappa shape index (κ3) is 4.05. The maximum Gasteiger partial charge on any atom is 0.279 e. The zero-order valence-electron chi connectivity index (χ0n) is 17.0. The lowest BCUT2D eigenvalue weighted by Crippen LogP contribution is -2.35. The summed E-state index contributed by atoms with van der Waals surface area (Å²) in [5, 5.41) is 14.7. The van der Waals surface area contributed by atoms with Gasteiger partial charge in [-0.05, 0) is 19.1 Å². The molecule has 158 valence electrons. The minimum atomic E-state index is -0.329. The van der Waals surface area contributed by atoms with Gasteiger partial charge in [0.15, 0.2) is 10.8 Å². The first kappa shape index (κ1) is 19.7. The molecule has 0 saturated carbocycles. The summed E-state index contributed by atoms with van der Waals surface area (Å²) < 4.78 is 7.03. The second-order valence-electron chi connectivity index (χ2n) is 7.27. The fourth-order valence-electron chi connectivity index (χ4n) is 3.61. The molecule has 0 aliphatic carbocycles. The van der Waals surface area contributed by atoms with Gasteiger partial charge in [0.05, 0.1) is 35.8 Å². The van der Waals surface area contributed by atoms with Gasteiger partial charge < -0.3 is 4.74 Å². The first-order valence-corrected chi connectivity index (χ1v) is 10.9. The van der Waals surface area contributed by atoms with E-state index < -0.39 is 0 Å². The summed E-state index contributed by atoms with van der Waals surface area (Å²) in [4.78, 5) is 24.1. The third-order valence-corrected chi connectivity index (χ3v) is 6.02. The average molecular weight is 436 g/mol. The highest BCUT2D eigenvalue weighted by molar-refractivity contribution is 7.13. The van der Waals surface area contributed by atoms with Crippen molar-refractivity contribution in [2.45, 2.75) is 13.5 Å². The highest BCUT2D eigenvalue weighted by Crippen LogP contribution is 2.22. The van der Waals surface area contributed by atoms with Crippen molar-refractivity contribution in [3.63, 3.8) is 0 Å². The van der Waals surface area contributed by atoms with E-state index in [1.165, 1.54) is 11.3 Å². The molecule has 1 amide bonds. The zero-order valence-corrected chi connectivity index (χ0v) is 17.8. The molecule has 1 N–H and O–H groups in total. The van der Waals surface area contributed by atoms with Crippen LogP contribution in [-0.4, -0.2) is 62.1 Å². The fraction of sp³-hybridized carbons (Fsp3) is 0.286. The maximum atomic E-state index is 12.8. The molecule has 1 saturated heterocycles. The van der Waals surface area contributed by atoms with Crippen LogP contribution in [0, 0.1) is 6.92 Å². The van der Waals surface area contributed by atoms with Crippen LogP contribution in [0.3, 0.4) is 0 Å². The first-order valence-electron chi connectivity index (χ1n) is 10.0. The van der Waals surface area contributed by atoms with E-state index in [1.807, 2.05) is 42.6 Å². The molecule has 0 unspecified atom stereocenters. The highest BCUT2D eigenvalue weighted by Gasteiger charge is 2.20. The molecule has 1 aromatic carbocycles. The van der Waals surface area contributed by atoms with Crippen LogP contribution < -0.4 is 5.32 Å². The van der Waals surface area contributed by atoms with E-state index in [0.29, 0.717) is 10.8 Å². The molecular formula is C21H21N7O2S. The lowest BCUT2D eigenvalue weighted by atomic mass is 10.2. The van der Waals surface area contributed by atoms with Crippen molar-refractivity contribution in [3.05, 3.63) is 59.0 Å². The van der Waals surface area contributed by atoms with Crippen LogP contribution in [0.2, 0.25) is 0 Å². The van der Waals surface area contributed by atoms with E-state index in [2.05, 4.69) is 30.5 Å². The molecule has 1 fully saturated rings. The van der Waals surface area contributed by atoms with Crippen LogP contribution in [0.4, 0.5) is 5.13 Å². The van der Waals surface area contributed by atoms with Crippen molar-refractivity contribution in [1.29, 1.82) is 0 Å². The SMILES string of the molecule is Cc1c(C(=O)Nc2nc(CN3CCOCC3)cs2)nnn1-c1cccc2cccnc12. The summed E-state index contributed by atoms with van der Waals surface area (Å²) in [6.07, 6.45) is 1.74. The number of rotatable bonds is 5.